The van der Waals surface area contributed by atoms with Gasteiger partial charge in [-0.25, -0.2) is 0 Å². The summed E-state index contributed by atoms with van der Waals surface area (Å²) in [6.07, 6.45) is 0. The maximum atomic E-state index is 12.3. The molecular weight excluding hydrogens is 372 g/mol. The van der Waals surface area contributed by atoms with Crippen LogP contribution in [0.4, 0.5) is 5.69 Å². The van der Waals surface area contributed by atoms with Gasteiger partial charge in [0.2, 0.25) is 0 Å². The van der Waals surface area contributed by atoms with Gasteiger partial charge in [-0.05, 0) is 24.6 Å². The van der Waals surface area contributed by atoms with Crippen molar-refractivity contribution in [3.05, 3.63) is 73.2 Å². The Balaban J connectivity index is 2.24. The highest BCUT2D eigenvalue weighted by molar-refractivity contribution is 9.10. The lowest BCUT2D eigenvalue weighted by Crippen LogP contribution is -2.27. The lowest BCUT2D eigenvalue weighted by molar-refractivity contribution is -0.384. The number of halogens is 2. The maximum absolute atomic E-state index is 12.3. The predicted molar refractivity (Wildman–Crippen MR) is 88.1 cm³/mol. The molecule has 22 heavy (non-hydrogen) atoms. The lowest BCUT2D eigenvalue weighted by Gasteiger charge is -2.16. The van der Waals surface area contributed by atoms with Gasteiger partial charge in [-0.3, -0.25) is 14.9 Å². The van der Waals surface area contributed by atoms with E-state index in [-0.39, 0.29) is 22.3 Å². The summed E-state index contributed by atoms with van der Waals surface area (Å²) >= 11 is 9.39. The second kappa shape index (κ2) is 6.89. The molecule has 0 aliphatic rings. The van der Waals surface area contributed by atoms with Crippen LogP contribution in [0.5, 0.6) is 0 Å². The third-order valence-electron chi connectivity index (χ3n) is 3.12. The van der Waals surface area contributed by atoms with Gasteiger partial charge >= 0.3 is 0 Å². The SMILES string of the molecule is CC(NC(=O)c1cc([N+](=O)[O-])ccc1Cl)c1ccccc1Br. The minimum absolute atomic E-state index is 0.0785. The average Bonchev–Trinajstić information content (AvgIpc) is 2.47. The summed E-state index contributed by atoms with van der Waals surface area (Å²) in [7, 11) is 0. The van der Waals surface area contributed by atoms with Crippen molar-refractivity contribution < 1.29 is 9.72 Å². The Morgan fingerprint density at radius 3 is 2.64 bits per heavy atom. The molecule has 2 aromatic carbocycles. The van der Waals surface area contributed by atoms with Crippen molar-refractivity contribution in [2.45, 2.75) is 13.0 Å². The summed E-state index contributed by atoms with van der Waals surface area (Å²) in [5.41, 5.74) is 0.801. The van der Waals surface area contributed by atoms with Crippen molar-refractivity contribution in [3.8, 4) is 0 Å². The Labute approximate surface area is 140 Å². The topological polar surface area (TPSA) is 72.2 Å². The minimum atomic E-state index is -0.565. The highest BCUT2D eigenvalue weighted by Crippen LogP contribution is 2.25. The van der Waals surface area contributed by atoms with Gasteiger partial charge in [0.1, 0.15) is 0 Å². The summed E-state index contributed by atoms with van der Waals surface area (Å²) in [4.78, 5) is 22.5. The molecule has 1 atom stereocenters. The molecule has 0 bridgehead atoms. The third kappa shape index (κ3) is 3.64. The average molecular weight is 384 g/mol. The summed E-state index contributed by atoms with van der Waals surface area (Å²) < 4.78 is 0.868. The second-order valence-electron chi connectivity index (χ2n) is 4.64. The number of non-ortho nitro benzene ring substituents is 1. The molecule has 0 aromatic heterocycles. The molecule has 0 aliphatic heterocycles. The van der Waals surface area contributed by atoms with Crippen molar-refractivity contribution in [1.29, 1.82) is 0 Å². The zero-order chi connectivity index (χ0) is 16.3. The van der Waals surface area contributed by atoms with Gasteiger partial charge in [0.25, 0.3) is 11.6 Å². The Hall–Kier alpha value is -1.92. The van der Waals surface area contributed by atoms with E-state index in [9.17, 15) is 14.9 Å². The van der Waals surface area contributed by atoms with Crippen molar-refractivity contribution in [2.75, 3.05) is 0 Å². The van der Waals surface area contributed by atoms with Gasteiger partial charge in [-0.2, -0.15) is 0 Å². The summed E-state index contributed by atoms with van der Waals surface area (Å²) in [6, 6.07) is 11.0. The molecule has 0 saturated carbocycles. The van der Waals surface area contributed by atoms with E-state index in [2.05, 4.69) is 21.2 Å². The lowest BCUT2D eigenvalue weighted by atomic mass is 10.1. The first-order valence-corrected chi connectivity index (χ1v) is 7.56. The number of hydrogen-bond acceptors (Lipinski definition) is 3. The van der Waals surface area contributed by atoms with Crippen molar-refractivity contribution in [2.24, 2.45) is 0 Å². The van der Waals surface area contributed by atoms with Crippen molar-refractivity contribution in [1.82, 2.24) is 5.32 Å². The molecule has 0 saturated heterocycles. The van der Waals surface area contributed by atoms with Crippen molar-refractivity contribution in [3.63, 3.8) is 0 Å². The molecule has 7 heteroatoms. The molecule has 0 aliphatic carbocycles. The molecule has 2 rings (SSSR count). The molecule has 1 amide bonds. The fourth-order valence-corrected chi connectivity index (χ4v) is 2.81. The van der Waals surface area contributed by atoms with Crippen LogP contribution >= 0.6 is 27.5 Å². The van der Waals surface area contributed by atoms with Gasteiger partial charge < -0.3 is 5.32 Å². The summed E-state index contributed by atoms with van der Waals surface area (Å²) in [5, 5.41) is 13.8. The molecule has 0 heterocycles. The molecular formula is C15H12BrClN2O3. The number of carbonyl (C=O) groups is 1. The number of carbonyl (C=O) groups excluding carboxylic acids is 1. The smallest absolute Gasteiger partial charge is 0.270 e. The number of amides is 1. The van der Waals surface area contributed by atoms with Crippen LogP contribution in [-0.2, 0) is 0 Å². The van der Waals surface area contributed by atoms with E-state index in [0.29, 0.717) is 0 Å². The first-order valence-electron chi connectivity index (χ1n) is 6.39. The van der Waals surface area contributed by atoms with Gasteiger partial charge in [-0.15, -0.1) is 0 Å². The predicted octanol–water partition coefficient (Wildman–Crippen LogP) is 4.50. The van der Waals surface area contributed by atoms with Crippen LogP contribution in [0.2, 0.25) is 5.02 Å². The molecule has 114 valence electrons. The quantitative estimate of drug-likeness (QED) is 0.624. The number of hydrogen-bond donors (Lipinski definition) is 1. The second-order valence-corrected chi connectivity index (χ2v) is 5.90. The van der Waals surface area contributed by atoms with Crippen LogP contribution < -0.4 is 5.32 Å². The highest BCUT2D eigenvalue weighted by atomic mass is 79.9. The Morgan fingerprint density at radius 1 is 1.32 bits per heavy atom. The van der Waals surface area contributed by atoms with E-state index in [1.54, 1.807) is 0 Å². The Kier molecular flexibility index (Phi) is 5.15. The zero-order valence-corrected chi connectivity index (χ0v) is 13.9. The zero-order valence-electron chi connectivity index (χ0n) is 11.5. The largest absolute Gasteiger partial charge is 0.345 e. The molecule has 1 unspecified atom stereocenters. The molecule has 0 fully saturated rings. The molecule has 1 N–H and O–H groups in total. The minimum Gasteiger partial charge on any atom is -0.345 e. The summed E-state index contributed by atoms with van der Waals surface area (Å²) in [5.74, 6) is -0.461. The highest BCUT2D eigenvalue weighted by Gasteiger charge is 2.18. The monoisotopic (exact) mass is 382 g/mol. The Bertz CT molecular complexity index is 736. The van der Waals surface area contributed by atoms with Crippen LogP contribution in [-0.4, -0.2) is 10.8 Å². The van der Waals surface area contributed by atoms with Crippen molar-refractivity contribution >= 4 is 39.1 Å². The van der Waals surface area contributed by atoms with Gasteiger partial charge in [0.05, 0.1) is 21.6 Å². The van der Waals surface area contributed by atoms with Crippen LogP contribution in [0.1, 0.15) is 28.9 Å². The third-order valence-corrected chi connectivity index (χ3v) is 4.18. The first-order chi connectivity index (χ1) is 10.4. The fourth-order valence-electron chi connectivity index (χ4n) is 1.98. The maximum Gasteiger partial charge on any atom is 0.270 e. The van der Waals surface area contributed by atoms with Gasteiger partial charge in [-0.1, -0.05) is 45.7 Å². The van der Waals surface area contributed by atoms with Gasteiger partial charge in [0, 0.05) is 16.6 Å². The number of nitro groups is 1. The molecule has 5 nitrogen and oxygen atoms in total. The van der Waals surface area contributed by atoms with Crippen LogP contribution in [0.3, 0.4) is 0 Å². The van der Waals surface area contributed by atoms with Crippen LogP contribution in [0.15, 0.2) is 46.9 Å². The normalized spacial score (nSPS) is 11.8. The fraction of sp³-hybridized carbons (Fsp3) is 0.133. The standard InChI is InChI=1S/C15H12BrClN2O3/c1-9(11-4-2-3-5-13(11)16)18-15(20)12-8-10(19(21)22)6-7-14(12)17/h2-9H,1H3,(H,18,20). The van der Waals surface area contributed by atoms with Crippen LogP contribution in [0, 0.1) is 10.1 Å². The van der Waals surface area contributed by atoms with E-state index in [1.165, 1.54) is 18.2 Å². The number of benzene rings is 2. The van der Waals surface area contributed by atoms with E-state index in [4.69, 9.17) is 11.6 Å². The molecule has 0 radical (unpaired) electrons. The Morgan fingerprint density at radius 2 is 2.00 bits per heavy atom. The molecule has 2 aromatic rings. The molecule has 0 spiro atoms. The number of nitrogens with one attached hydrogen (secondary N) is 1. The van der Waals surface area contributed by atoms with E-state index < -0.39 is 10.8 Å². The first kappa shape index (κ1) is 16.5. The number of nitro benzene ring substituents is 1. The van der Waals surface area contributed by atoms with E-state index in [0.717, 1.165) is 10.0 Å². The van der Waals surface area contributed by atoms with Gasteiger partial charge in [0.15, 0.2) is 0 Å². The van der Waals surface area contributed by atoms with Crippen LogP contribution in [0.25, 0.3) is 0 Å². The number of nitrogens with zero attached hydrogens (tertiary/aromatic N) is 1. The number of rotatable bonds is 4. The van der Waals surface area contributed by atoms with E-state index in [1.807, 2.05) is 31.2 Å². The van der Waals surface area contributed by atoms with E-state index >= 15 is 0 Å². The summed E-state index contributed by atoms with van der Waals surface area (Å²) in [6.45, 7) is 1.82.